The highest BCUT2D eigenvalue weighted by Crippen LogP contribution is 2.11. The maximum atomic E-state index is 13.0. The first-order valence-electron chi connectivity index (χ1n) is 6.47. The highest BCUT2D eigenvalue weighted by atomic mass is 19.1. The number of hydrogen-bond donors (Lipinski definition) is 2. The quantitative estimate of drug-likeness (QED) is 0.886. The number of carbonyl (C=O) groups is 1. The smallest absolute Gasteiger partial charge is 0.226 e. The lowest BCUT2D eigenvalue weighted by molar-refractivity contribution is -0.115. The van der Waals surface area contributed by atoms with Gasteiger partial charge in [0.05, 0.1) is 11.6 Å². The first-order chi connectivity index (χ1) is 10.2. The lowest BCUT2D eigenvalue weighted by Crippen LogP contribution is -2.16. The van der Waals surface area contributed by atoms with Crippen LogP contribution in [0.25, 0.3) is 0 Å². The summed E-state index contributed by atoms with van der Waals surface area (Å²) in [6.07, 6.45) is 0.243. The molecular formula is C16H14FN3O. The molecule has 21 heavy (non-hydrogen) atoms. The summed E-state index contributed by atoms with van der Waals surface area (Å²) in [6.45, 7) is 0.396. The van der Waals surface area contributed by atoms with E-state index in [9.17, 15) is 9.18 Å². The van der Waals surface area contributed by atoms with Crippen molar-refractivity contribution in [2.75, 3.05) is 17.2 Å². The van der Waals surface area contributed by atoms with E-state index in [0.717, 1.165) is 0 Å². The van der Waals surface area contributed by atoms with Gasteiger partial charge in [-0.15, -0.1) is 0 Å². The second kappa shape index (κ2) is 7.06. The maximum Gasteiger partial charge on any atom is 0.226 e. The average Bonchev–Trinajstić information content (AvgIpc) is 2.47. The highest BCUT2D eigenvalue weighted by Gasteiger charge is 2.03. The Kier molecular flexibility index (Phi) is 4.89. The van der Waals surface area contributed by atoms with E-state index in [4.69, 9.17) is 5.26 Å². The highest BCUT2D eigenvalue weighted by molar-refractivity contribution is 5.91. The van der Waals surface area contributed by atoms with Gasteiger partial charge in [0.2, 0.25) is 5.91 Å². The number of benzene rings is 2. The van der Waals surface area contributed by atoms with E-state index in [0.29, 0.717) is 23.5 Å². The van der Waals surface area contributed by atoms with Gasteiger partial charge in [0.1, 0.15) is 5.82 Å². The maximum absolute atomic E-state index is 13.0. The fourth-order valence-electron chi connectivity index (χ4n) is 1.81. The minimum Gasteiger partial charge on any atom is -0.384 e. The van der Waals surface area contributed by atoms with E-state index >= 15 is 0 Å². The molecule has 0 radical (unpaired) electrons. The van der Waals surface area contributed by atoms with Gasteiger partial charge in [-0.25, -0.2) is 4.39 Å². The number of amides is 1. The molecule has 0 fully saturated rings. The second-order valence-corrected chi connectivity index (χ2v) is 4.43. The molecule has 0 atom stereocenters. The van der Waals surface area contributed by atoms with Gasteiger partial charge in [-0.2, -0.15) is 5.26 Å². The Morgan fingerprint density at radius 3 is 2.67 bits per heavy atom. The van der Waals surface area contributed by atoms with Crippen LogP contribution in [0.5, 0.6) is 0 Å². The zero-order valence-electron chi connectivity index (χ0n) is 11.3. The van der Waals surface area contributed by atoms with Crippen molar-refractivity contribution < 1.29 is 9.18 Å². The van der Waals surface area contributed by atoms with Crippen molar-refractivity contribution in [3.8, 4) is 6.07 Å². The summed E-state index contributed by atoms with van der Waals surface area (Å²) >= 11 is 0. The Morgan fingerprint density at radius 1 is 1.14 bits per heavy atom. The number of anilines is 2. The topological polar surface area (TPSA) is 64.9 Å². The van der Waals surface area contributed by atoms with Crippen LogP contribution in [-0.4, -0.2) is 12.5 Å². The number of halogens is 1. The van der Waals surface area contributed by atoms with E-state index < -0.39 is 0 Å². The predicted octanol–water partition coefficient (Wildman–Crippen LogP) is 3.14. The zero-order chi connectivity index (χ0) is 15.1. The van der Waals surface area contributed by atoms with Crippen LogP contribution in [0.15, 0.2) is 48.5 Å². The molecule has 0 heterocycles. The minimum atomic E-state index is -0.322. The Labute approximate surface area is 122 Å². The average molecular weight is 283 g/mol. The molecule has 2 rings (SSSR count). The van der Waals surface area contributed by atoms with Gasteiger partial charge in [-0.1, -0.05) is 12.1 Å². The molecule has 5 heteroatoms. The molecular weight excluding hydrogens is 269 g/mol. The zero-order valence-corrected chi connectivity index (χ0v) is 11.3. The van der Waals surface area contributed by atoms with Crippen molar-refractivity contribution in [1.82, 2.24) is 0 Å². The number of nitrogens with zero attached hydrogens (tertiary/aromatic N) is 1. The number of nitriles is 1. The van der Waals surface area contributed by atoms with Crippen LogP contribution in [0.4, 0.5) is 15.8 Å². The van der Waals surface area contributed by atoms with Gasteiger partial charge in [-0.05, 0) is 36.4 Å². The van der Waals surface area contributed by atoms with Gasteiger partial charge in [0, 0.05) is 24.3 Å². The van der Waals surface area contributed by atoms with Crippen molar-refractivity contribution in [3.63, 3.8) is 0 Å². The number of hydrogen-bond acceptors (Lipinski definition) is 3. The van der Waals surface area contributed by atoms with E-state index in [1.54, 1.807) is 36.4 Å². The summed E-state index contributed by atoms with van der Waals surface area (Å²) in [7, 11) is 0. The monoisotopic (exact) mass is 283 g/mol. The van der Waals surface area contributed by atoms with Gasteiger partial charge in [-0.3, -0.25) is 4.79 Å². The molecule has 2 aromatic carbocycles. The Morgan fingerprint density at radius 2 is 1.90 bits per heavy atom. The third kappa shape index (κ3) is 4.62. The molecule has 0 saturated heterocycles. The van der Waals surface area contributed by atoms with Gasteiger partial charge < -0.3 is 10.6 Å². The molecule has 0 spiro atoms. The van der Waals surface area contributed by atoms with Crippen LogP contribution in [0.2, 0.25) is 0 Å². The van der Waals surface area contributed by atoms with Crippen molar-refractivity contribution in [1.29, 1.82) is 5.26 Å². The predicted molar refractivity (Wildman–Crippen MR) is 79.3 cm³/mol. The second-order valence-electron chi connectivity index (χ2n) is 4.43. The summed E-state index contributed by atoms with van der Waals surface area (Å²) in [6, 6.07) is 14.8. The number of nitrogens with one attached hydrogen (secondary N) is 2. The normalized spacial score (nSPS) is 9.71. The van der Waals surface area contributed by atoms with Gasteiger partial charge >= 0.3 is 0 Å². The molecule has 0 saturated carbocycles. The fourth-order valence-corrected chi connectivity index (χ4v) is 1.81. The van der Waals surface area contributed by atoms with Gasteiger partial charge in [0.15, 0.2) is 0 Å². The van der Waals surface area contributed by atoms with Crippen molar-refractivity contribution in [3.05, 3.63) is 59.9 Å². The third-order valence-corrected chi connectivity index (χ3v) is 2.78. The van der Waals surface area contributed by atoms with Crippen molar-refractivity contribution in [2.24, 2.45) is 0 Å². The molecule has 106 valence electrons. The number of rotatable bonds is 5. The van der Waals surface area contributed by atoms with Crippen LogP contribution >= 0.6 is 0 Å². The molecule has 0 aliphatic rings. The minimum absolute atomic E-state index is 0.172. The van der Waals surface area contributed by atoms with Crippen LogP contribution in [0.1, 0.15) is 12.0 Å². The number of carbonyl (C=O) groups excluding carboxylic acids is 1. The summed E-state index contributed by atoms with van der Waals surface area (Å²) in [5, 5.41) is 14.5. The standard InChI is InChI=1S/C16H14FN3O/c17-13-4-2-5-14(10-13)19-8-7-16(21)20-15-6-1-3-12(9-15)11-18/h1-6,9-10,19H,7-8H2,(H,20,21). The van der Waals surface area contributed by atoms with E-state index in [1.165, 1.54) is 12.1 Å². The van der Waals surface area contributed by atoms with Crippen molar-refractivity contribution >= 4 is 17.3 Å². The fraction of sp³-hybridized carbons (Fsp3) is 0.125. The molecule has 1 amide bonds. The molecule has 0 aliphatic carbocycles. The Balaban J connectivity index is 1.81. The molecule has 0 aliphatic heterocycles. The largest absolute Gasteiger partial charge is 0.384 e. The van der Waals surface area contributed by atoms with Gasteiger partial charge in [0.25, 0.3) is 0 Å². The summed E-state index contributed by atoms with van der Waals surface area (Å²) in [4.78, 5) is 11.8. The molecule has 4 nitrogen and oxygen atoms in total. The summed E-state index contributed by atoms with van der Waals surface area (Å²) < 4.78 is 13.0. The van der Waals surface area contributed by atoms with E-state index in [-0.39, 0.29) is 18.1 Å². The Bertz CT molecular complexity index is 679. The van der Waals surface area contributed by atoms with Crippen LogP contribution in [-0.2, 0) is 4.79 Å². The Hall–Kier alpha value is -2.87. The van der Waals surface area contributed by atoms with E-state index in [1.807, 2.05) is 6.07 Å². The first-order valence-corrected chi connectivity index (χ1v) is 6.47. The lowest BCUT2D eigenvalue weighted by Gasteiger charge is -2.07. The molecule has 0 aromatic heterocycles. The van der Waals surface area contributed by atoms with Crippen LogP contribution in [0, 0.1) is 17.1 Å². The summed E-state index contributed by atoms with van der Waals surface area (Å²) in [5.41, 5.74) is 1.71. The molecule has 2 N–H and O–H groups in total. The lowest BCUT2D eigenvalue weighted by atomic mass is 10.2. The van der Waals surface area contributed by atoms with E-state index in [2.05, 4.69) is 10.6 Å². The summed E-state index contributed by atoms with van der Waals surface area (Å²) in [5.74, 6) is -0.494. The molecule has 0 bridgehead atoms. The third-order valence-electron chi connectivity index (χ3n) is 2.78. The van der Waals surface area contributed by atoms with Crippen LogP contribution < -0.4 is 10.6 Å². The SMILES string of the molecule is N#Cc1cccc(NC(=O)CCNc2cccc(F)c2)c1. The molecule has 2 aromatic rings. The van der Waals surface area contributed by atoms with Crippen molar-refractivity contribution in [2.45, 2.75) is 6.42 Å². The van der Waals surface area contributed by atoms with Crippen LogP contribution in [0.3, 0.4) is 0 Å². The first kappa shape index (κ1) is 14.5. The molecule has 0 unspecified atom stereocenters.